The molecule has 0 heterocycles. The fourth-order valence-electron chi connectivity index (χ4n) is 3.16. The van der Waals surface area contributed by atoms with Gasteiger partial charge in [-0.2, -0.15) is 0 Å². The Morgan fingerprint density at radius 1 is 1.05 bits per heavy atom. The lowest BCUT2D eigenvalue weighted by Crippen LogP contribution is -2.18. The van der Waals surface area contributed by atoms with Crippen LogP contribution in [0.5, 0.6) is 0 Å². The lowest BCUT2D eigenvalue weighted by Gasteiger charge is -2.26. The van der Waals surface area contributed by atoms with Gasteiger partial charge < -0.3 is 5.32 Å². The Labute approximate surface area is 132 Å². The van der Waals surface area contributed by atoms with E-state index in [0.717, 1.165) is 10.9 Å². The number of aryl methyl sites for hydroxylation is 1. The van der Waals surface area contributed by atoms with Gasteiger partial charge in [0.1, 0.15) is 0 Å². The van der Waals surface area contributed by atoms with Crippen molar-refractivity contribution in [2.75, 3.05) is 7.05 Å². The molecule has 2 aromatic carbocycles. The predicted octanol–water partition coefficient (Wildman–Crippen LogP) is 5.22. The van der Waals surface area contributed by atoms with E-state index in [0.29, 0.717) is 0 Å². The van der Waals surface area contributed by atoms with E-state index in [4.69, 9.17) is 11.6 Å². The molecule has 1 saturated carbocycles. The van der Waals surface area contributed by atoms with Crippen molar-refractivity contribution in [3.63, 3.8) is 0 Å². The van der Waals surface area contributed by atoms with Crippen LogP contribution in [0.4, 0.5) is 0 Å². The molecule has 3 rings (SSSR count). The summed E-state index contributed by atoms with van der Waals surface area (Å²) in [6.45, 7) is 2.09. The molecule has 0 spiro atoms. The Morgan fingerprint density at radius 3 is 2.29 bits per heavy atom. The van der Waals surface area contributed by atoms with Gasteiger partial charge in [-0.3, -0.25) is 0 Å². The molecular weight excluding hydrogens is 278 g/mol. The van der Waals surface area contributed by atoms with Crippen molar-refractivity contribution in [2.24, 2.45) is 0 Å². The first kappa shape index (κ1) is 14.6. The van der Waals surface area contributed by atoms with Gasteiger partial charge in [-0.05, 0) is 67.1 Å². The lowest BCUT2D eigenvalue weighted by atomic mass is 9.79. The summed E-state index contributed by atoms with van der Waals surface area (Å²) >= 11 is 6.20. The third-order valence-electron chi connectivity index (χ3n) is 4.53. The maximum atomic E-state index is 6.20. The first-order valence-corrected chi connectivity index (χ1v) is 8.09. The van der Waals surface area contributed by atoms with Crippen molar-refractivity contribution >= 4 is 11.6 Å². The van der Waals surface area contributed by atoms with Crippen LogP contribution in [0.1, 0.15) is 53.5 Å². The molecule has 1 N–H and O–H groups in total. The average molecular weight is 300 g/mol. The molecule has 110 valence electrons. The first-order valence-electron chi connectivity index (χ1n) is 7.71. The predicted molar refractivity (Wildman–Crippen MR) is 90.1 cm³/mol. The van der Waals surface area contributed by atoms with E-state index in [1.807, 2.05) is 13.1 Å². The smallest absolute Gasteiger partial charge is 0.0574 e. The molecule has 1 atom stereocenters. The summed E-state index contributed by atoms with van der Waals surface area (Å²) in [7, 11) is 2.00. The Hall–Kier alpha value is -1.31. The summed E-state index contributed by atoms with van der Waals surface area (Å²) < 4.78 is 0. The van der Waals surface area contributed by atoms with Crippen LogP contribution in [-0.4, -0.2) is 7.05 Å². The van der Waals surface area contributed by atoms with Gasteiger partial charge in [-0.1, -0.05) is 48.4 Å². The van der Waals surface area contributed by atoms with Crippen LogP contribution in [0.15, 0.2) is 42.5 Å². The fourth-order valence-corrected chi connectivity index (χ4v) is 3.46. The molecule has 21 heavy (non-hydrogen) atoms. The van der Waals surface area contributed by atoms with Gasteiger partial charge >= 0.3 is 0 Å². The van der Waals surface area contributed by atoms with Crippen LogP contribution in [0, 0.1) is 6.92 Å². The summed E-state index contributed by atoms with van der Waals surface area (Å²) in [5, 5.41) is 4.21. The molecule has 1 nitrogen and oxygen atoms in total. The average Bonchev–Trinajstić information content (AvgIpc) is 2.38. The molecule has 1 unspecified atom stereocenters. The molecule has 0 aromatic heterocycles. The molecule has 2 aromatic rings. The van der Waals surface area contributed by atoms with Crippen molar-refractivity contribution in [1.29, 1.82) is 0 Å². The largest absolute Gasteiger partial charge is 0.309 e. The van der Waals surface area contributed by atoms with E-state index in [2.05, 4.69) is 48.6 Å². The highest BCUT2D eigenvalue weighted by Gasteiger charge is 2.20. The number of halogens is 1. The second kappa shape index (κ2) is 6.21. The van der Waals surface area contributed by atoms with Crippen molar-refractivity contribution < 1.29 is 0 Å². The van der Waals surface area contributed by atoms with Crippen molar-refractivity contribution in [3.05, 3.63) is 69.7 Å². The number of rotatable bonds is 4. The number of hydrogen-bond acceptors (Lipinski definition) is 1. The molecule has 0 aliphatic heterocycles. The van der Waals surface area contributed by atoms with Gasteiger partial charge in [0.25, 0.3) is 0 Å². The Bertz CT molecular complexity index is 594. The molecular formula is C19H22ClN. The van der Waals surface area contributed by atoms with Gasteiger partial charge in [-0.15, -0.1) is 0 Å². The molecule has 2 heteroatoms. The quantitative estimate of drug-likeness (QED) is 0.815. The monoisotopic (exact) mass is 299 g/mol. The minimum Gasteiger partial charge on any atom is -0.309 e. The standard InChI is InChI=1S/C19H22ClN/c1-13-10-17(12-18(20)11-13)19(21-2)16-8-6-15(7-9-16)14-4-3-5-14/h6-12,14,19,21H,3-5H2,1-2H3. The zero-order valence-electron chi connectivity index (χ0n) is 12.7. The third kappa shape index (κ3) is 3.14. The molecule has 0 amide bonds. The van der Waals surface area contributed by atoms with Crippen LogP contribution in [0.3, 0.4) is 0 Å². The van der Waals surface area contributed by atoms with Crippen LogP contribution in [-0.2, 0) is 0 Å². The SMILES string of the molecule is CNC(c1ccc(C2CCC2)cc1)c1cc(C)cc(Cl)c1. The van der Waals surface area contributed by atoms with Gasteiger partial charge in [-0.25, -0.2) is 0 Å². The van der Waals surface area contributed by atoms with E-state index in [9.17, 15) is 0 Å². The lowest BCUT2D eigenvalue weighted by molar-refractivity contribution is 0.419. The Balaban J connectivity index is 1.88. The molecule has 0 bridgehead atoms. The number of hydrogen-bond donors (Lipinski definition) is 1. The summed E-state index contributed by atoms with van der Waals surface area (Å²) in [4.78, 5) is 0. The highest BCUT2D eigenvalue weighted by atomic mass is 35.5. The molecule has 0 radical (unpaired) electrons. The van der Waals surface area contributed by atoms with E-state index in [-0.39, 0.29) is 6.04 Å². The second-order valence-corrected chi connectivity index (χ2v) is 6.51. The number of nitrogens with one attached hydrogen (secondary N) is 1. The first-order chi connectivity index (χ1) is 10.2. The van der Waals surface area contributed by atoms with Crippen LogP contribution < -0.4 is 5.32 Å². The minimum atomic E-state index is 0.192. The molecule has 1 fully saturated rings. The highest BCUT2D eigenvalue weighted by molar-refractivity contribution is 6.30. The number of benzene rings is 2. The summed E-state index contributed by atoms with van der Waals surface area (Å²) in [6.07, 6.45) is 4.08. The van der Waals surface area contributed by atoms with Crippen molar-refractivity contribution in [2.45, 2.75) is 38.1 Å². The maximum absolute atomic E-state index is 6.20. The van der Waals surface area contributed by atoms with Crippen molar-refractivity contribution in [3.8, 4) is 0 Å². The second-order valence-electron chi connectivity index (χ2n) is 6.08. The van der Waals surface area contributed by atoms with E-state index in [1.54, 1.807) is 0 Å². The van der Waals surface area contributed by atoms with Crippen LogP contribution >= 0.6 is 11.6 Å². The Morgan fingerprint density at radius 2 is 1.76 bits per heavy atom. The Kier molecular flexibility index (Phi) is 4.32. The molecule has 0 saturated heterocycles. The van der Waals surface area contributed by atoms with Crippen LogP contribution in [0.2, 0.25) is 5.02 Å². The molecule has 1 aliphatic rings. The fraction of sp³-hybridized carbons (Fsp3) is 0.368. The molecule has 1 aliphatic carbocycles. The third-order valence-corrected chi connectivity index (χ3v) is 4.75. The zero-order valence-corrected chi connectivity index (χ0v) is 13.5. The van der Waals surface area contributed by atoms with Crippen LogP contribution in [0.25, 0.3) is 0 Å². The van der Waals surface area contributed by atoms with Gasteiger partial charge in [0, 0.05) is 5.02 Å². The normalized spacial score (nSPS) is 16.5. The zero-order chi connectivity index (χ0) is 14.8. The summed E-state index contributed by atoms with van der Waals surface area (Å²) in [6, 6.07) is 15.5. The summed E-state index contributed by atoms with van der Waals surface area (Å²) in [5.74, 6) is 0.792. The highest BCUT2D eigenvalue weighted by Crippen LogP contribution is 2.37. The van der Waals surface area contributed by atoms with Gasteiger partial charge in [0.2, 0.25) is 0 Å². The van der Waals surface area contributed by atoms with Gasteiger partial charge in [0.15, 0.2) is 0 Å². The maximum Gasteiger partial charge on any atom is 0.0574 e. The van der Waals surface area contributed by atoms with E-state index in [1.165, 1.54) is 41.5 Å². The summed E-state index contributed by atoms with van der Waals surface area (Å²) in [5.41, 5.74) is 5.20. The topological polar surface area (TPSA) is 12.0 Å². The minimum absolute atomic E-state index is 0.192. The van der Waals surface area contributed by atoms with Crippen molar-refractivity contribution in [1.82, 2.24) is 5.32 Å². The van der Waals surface area contributed by atoms with Gasteiger partial charge in [0.05, 0.1) is 6.04 Å². The van der Waals surface area contributed by atoms with E-state index >= 15 is 0 Å². The van der Waals surface area contributed by atoms with E-state index < -0.39 is 0 Å².